The molecule has 52 heavy (non-hydrogen) atoms. The van der Waals surface area contributed by atoms with E-state index in [1.807, 2.05) is 42.5 Å². The Bertz CT molecular complexity index is 1710. The summed E-state index contributed by atoms with van der Waals surface area (Å²) in [5, 5.41) is 20.0. The lowest BCUT2D eigenvalue weighted by Crippen LogP contribution is -2.56. The van der Waals surface area contributed by atoms with Gasteiger partial charge in [-0.3, -0.25) is 18.9 Å². The average Bonchev–Trinajstić information content (AvgIpc) is 3.59. The molecule has 1 aliphatic rings. The summed E-state index contributed by atoms with van der Waals surface area (Å²) in [6.45, 7) is 8.49. The molecule has 3 amide bonds. The fourth-order valence-corrected chi connectivity index (χ4v) is 9.11. The first kappa shape index (κ1) is 40.5. The third-order valence-corrected chi connectivity index (χ3v) is 11.8. The molecule has 0 aliphatic heterocycles. The van der Waals surface area contributed by atoms with Crippen molar-refractivity contribution in [3.63, 3.8) is 0 Å². The second-order valence-corrected chi connectivity index (χ2v) is 17.8. The number of carboxylic acids is 1. The van der Waals surface area contributed by atoms with E-state index in [9.17, 15) is 33.7 Å². The largest absolute Gasteiger partial charge is 0.481 e. The quantitative estimate of drug-likeness (QED) is 0.0988. The Labute approximate surface area is 305 Å². The van der Waals surface area contributed by atoms with E-state index in [-0.39, 0.29) is 25.2 Å². The molecular weight excluding hydrogens is 685 g/mol. The van der Waals surface area contributed by atoms with Gasteiger partial charge in [-0.2, -0.15) is 0 Å². The van der Waals surface area contributed by atoms with Crippen LogP contribution in [-0.2, 0) is 36.5 Å². The normalized spacial score (nSPS) is 17.4. The molecule has 5 atom stereocenters. The smallest absolute Gasteiger partial charge is 0.408 e. The molecule has 13 nitrogen and oxygen atoms in total. The van der Waals surface area contributed by atoms with Crippen LogP contribution in [0.3, 0.4) is 0 Å². The van der Waals surface area contributed by atoms with Crippen LogP contribution >= 0.6 is 7.37 Å². The van der Waals surface area contributed by atoms with Crippen molar-refractivity contribution in [2.75, 3.05) is 6.16 Å². The Morgan fingerprint density at radius 1 is 0.942 bits per heavy atom. The fourth-order valence-electron chi connectivity index (χ4n) is 6.76. The van der Waals surface area contributed by atoms with E-state index < -0.39 is 72.7 Å². The predicted octanol–water partition coefficient (Wildman–Crippen LogP) is 5.77. The Hall–Kier alpha value is -4.22. The van der Waals surface area contributed by atoms with E-state index in [2.05, 4.69) is 25.9 Å². The number of alkyl carbamates (subject to hydrolysis) is 1. The van der Waals surface area contributed by atoms with Gasteiger partial charge < -0.3 is 35.7 Å². The van der Waals surface area contributed by atoms with Gasteiger partial charge in [0.2, 0.25) is 19.2 Å². The van der Waals surface area contributed by atoms with Crippen molar-refractivity contribution in [3.05, 3.63) is 66.2 Å². The lowest BCUT2D eigenvalue weighted by Gasteiger charge is -2.33. The first-order valence-corrected chi connectivity index (χ1v) is 20.0. The summed E-state index contributed by atoms with van der Waals surface area (Å²) >= 11 is 0. The molecule has 4 rings (SSSR count). The highest BCUT2D eigenvalue weighted by Gasteiger charge is 2.41. The number of aliphatic carboxylic acids is 1. The summed E-state index contributed by atoms with van der Waals surface area (Å²) in [4.78, 5) is 71.9. The van der Waals surface area contributed by atoms with Gasteiger partial charge >= 0.3 is 12.1 Å². The minimum Gasteiger partial charge on any atom is -0.481 e. The van der Waals surface area contributed by atoms with E-state index in [4.69, 9.17) is 4.74 Å². The predicted molar refractivity (Wildman–Crippen MR) is 199 cm³/mol. The topological polar surface area (TPSA) is 200 Å². The van der Waals surface area contributed by atoms with Gasteiger partial charge in [0.25, 0.3) is 0 Å². The molecule has 1 saturated carbocycles. The molecule has 1 fully saturated rings. The second-order valence-electron chi connectivity index (χ2n) is 15.3. The van der Waals surface area contributed by atoms with Crippen molar-refractivity contribution in [2.45, 2.75) is 109 Å². The maximum absolute atomic E-state index is 14.2. The van der Waals surface area contributed by atoms with Gasteiger partial charge in [-0.1, -0.05) is 88.4 Å². The molecule has 284 valence electrons. The summed E-state index contributed by atoms with van der Waals surface area (Å²) in [7, 11) is -4.28. The molecule has 0 bridgehead atoms. The van der Waals surface area contributed by atoms with Crippen LogP contribution in [-0.4, -0.2) is 73.5 Å². The summed E-state index contributed by atoms with van der Waals surface area (Å²) in [5.41, 5.74) is 0.470. The van der Waals surface area contributed by atoms with Gasteiger partial charge in [-0.05, 0) is 55.4 Å². The Morgan fingerprint density at radius 2 is 1.60 bits per heavy atom. The third-order valence-electron chi connectivity index (χ3n) is 9.58. The van der Waals surface area contributed by atoms with Gasteiger partial charge in [-0.25, -0.2) is 9.78 Å². The van der Waals surface area contributed by atoms with Gasteiger partial charge in [0.1, 0.15) is 23.5 Å². The number of ether oxygens (including phenoxy) is 1. The Morgan fingerprint density at radius 3 is 2.23 bits per heavy atom. The number of benzene rings is 2. The minimum absolute atomic E-state index is 0.0410. The molecule has 2 aromatic carbocycles. The fraction of sp³-hybridized carbons (Fsp3) is 0.553. The van der Waals surface area contributed by atoms with Gasteiger partial charge in [-0.15, -0.1) is 0 Å². The number of nitrogens with one attached hydrogen (secondary N) is 4. The molecule has 4 unspecified atom stereocenters. The van der Waals surface area contributed by atoms with Crippen LogP contribution < -0.4 is 16.0 Å². The van der Waals surface area contributed by atoms with Gasteiger partial charge in [0.05, 0.1) is 12.2 Å². The zero-order chi connectivity index (χ0) is 38.1. The highest BCUT2D eigenvalue weighted by Crippen LogP contribution is 2.51. The van der Waals surface area contributed by atoms with Gasteiger partial charge in [0.15, 0.2) is 0 Å². The average molecular weight is 740 g/mol. The van der Waals surface area contributed by atoms with E-state index in [1.54, 1.807) is 34.6 Å². The van der Waals surface area contributed by atoms with Crippen molar-refractivity contribution in [1.29, 1.82) is 0 Å². The molecule has 6 N–H and O–H groups in total. The molecule has 0 spiro atoms. The van der Waals surface area contributed by atoms with E-state index >= 15 is 0 Å². The molecule has 0 radical (unpaired) electrons. The number of H-pyrrole nitrogens is 1. The Kier molecular flexibility index (Phi) is 14.0. The van der Waals surface area contributed by atoms with Crippen molar-refractivity contribution < 1.29 is 38.5 Å². The first-order chi connectivity index (χ1) is 24.5. The minimum atomic E-state index is -4.28. The summed E-state index contributed by atoms with van der Waals surface area (Å²) in [6, 6.07) is 10.9. The lowest BCUT2D eigenvalue weighted by molar-refractivity contribution is -0.142. The van der Waals surface area contributed by atoms with Crippen molar-refractivity contribution in [3.8, 4) is 0 Å². The molecule has 1 aromatic heterocycles. The molecule has 14 heteroatoms. The summed E-state index contributed by atoms with van der Waals surface area (Å²) in [6.07, 6.45) is 6.54. The molecule has 1 aliphatic carbocycles. The lowest BCUT2D eigenvalue weighted by atomic mass is 9.87. The SMILES string of the molecule is CC(C)C(CP(=O)(O)C(CC1CCCCC1)NC(=O)[C@H](Cc1cnc[nH]1)NC(=O)C(Cc1cccc2ccccc12)NC(=O)OC(C)(C)C)C(=O)O. The highest BCUT2D eigenvalue weighted by molar-refractivity contribution is 7.58. The van der Waals surface area contributed by atoms with Crippen molar-refractivity contribution in [1.82, 2.24) is 25.9 Å². The van der Waals surface area contributed by atoms with Crippen LogP contribution in [0.4, 0.5) is 4.79 Å². The van der Waals surface area contributed by atoms with Crippen molar-refractivity contribution in [2.24, 2.45) is 17.8 Å². The summed E-state index contributed by atoms with van der Waals surface area (Å²) in [5.74, 6) is -5.20. The van der Waals surface area contributed by atoms with Crippen LogP contribution in [0.1, 0.15) is 84.4 Å². The molecule has 1 heterocycles. The van der Waals surface area contributed by atoms with E-state index in [0.29, 0.717) is 5.69 Å². The number of fused-ring (bicyclic) bond motifs is 1. The standard InChI is InChI=1S/C38H54N5O8P/c1-24(2)30(36(46)47)22-52(49,50)33(18-25-12-7-6-8-13-25)43-35(45)32(20-28-21-39-23-40-28)41-34(44)31(42-37(48)51-38(3,4)5)19-27-16-11-15-26-14-9-10-17-29(26)27/h9-11,14-17,21,23-25,30-33H,6-8,12-13,18-20,22H2,1-5H3,(H,39,40)(H,41,44)(H,42,48)(H,43,45)(H,46,47)(H,49,50)/t30?,31?,32-,33?/m0/s1. The maximum Gasteiger partial charge on any atom is 0.408 e. The third kappa shape index (κ3) is 11.9. The number of aromatic nitrogens is 2. The van der Waals surface area contributed by atoms with Crippen LogP contribution in [0.15, 0.2) is 55.0 Å². The number of carbonyl (C=O) groups is 4. The molecule has 0 saturated heterocycles. The first-order valence-electron chi connectivity index (χ1n) is 18.1. The van der Waals surface area contributed by atoms with Crippen LogP contribution in [0, 0.1) is 17.8 Å². The van der Waals surface area contributed by atoms with E-state index in [1.165, 1.54) is 12.5 Å². The Balaban J connectivity index is 1.64. The molecule has 3 aromatic rings. The second kappa shape index (κ2) is 18.0. The maximum atomic E-state index is 14.2. The number of hydrogen-bond acceptors (Lipinski definition) is 7. The number of carbonyl (C=O) groups excluding carboxylic acids is 3. The number of rotatable bonds is 16. The van der Waals surface area contributed by atoms with Crippen LogP contribution in [0.5, 0.6) is 0 Å². The zero-order valence-electron chi connectivity index (χ0n) is 30.8. The van der Waals surface area contributed by atoms with Crippen LogP contribution in [0.2, 0.25) is 0 Å². The monoisotopic (exact) mass is 739 g/mol. The number of carboxylic acid groups (broad SMARTS) is 1. The number of hydrogen-bond donors (Lipinski definition) is 6. The number of amides is 3. The number of nitrogens with zero attached hydrogens (tertiary/aromatic N) is 1. The number of aromatic amines is 1. The highest BCUT2D eigenvalue weighted by atomic mass is 31.2. The van der Waals surface area contributed by atoms with Crippen LogP contribution in [0.25, 0.3) is 10.8 Å². The summed E-state index contributed by atoms with van der Waals surface area (Å²) < 4.78 is 19.6. The van der Waals surface area contributed by atoms with Crippen molar-refractivity contribution >= 4 is 42.0 Å². The number of imidazole rings is 1. The van der Waals surface area contributed by atoms with Gasteiger partial charge in [0, 0.05) is 30.9 Å². The van der Waals surface area contributed by atoms with E-state index in [0.717, 1.165) is 48.4 Å². The molecular formula is C38H54N5O8P. The zero-order valence-corrected chi connectivity index (χ0v) is 31.7.